The molecule has 150 valence electrons. The summed E-state index contributed by atoms with van der Waals surface area (Å²) in [6.45, 7) is 0.407. The first kappa shape index (κ1) is 21.2. The van der Waals surface area contributed by atoms with E-state index in [0.29, 0.717) is 19.4 Å². The molecule has 1 saturated heterocycles. The first-order chi connectivity index (χ1) is 12.8. The van der Waals surface area contributed by atoms with Gasteiger partial charge in [-0.1, -0.05) is 30.3 Å². The number of nitrogens with zero attached hydrogens (tertiary/aromatic N) is 1. The van der Waals surface area contributed by atoms with Crippen molar-refractivity contribution in [2.75, 3.05) is 26.5 Å². The number of amides is 1. The maximum Gasteiger partial charge on any atom is 0.411 e. The Balaban J connectivity index is 2.05. The molecule has 0 spiro atoms. The van der Waals surface area contributed by atoms with Crippen molar-refractivity contribution >= 4 is 22.2 Å². The van der Waals surface area contributed by atoms with Crippen LogP contribution in [0.2, 0.25) is 0 Å². The molecule has 0 N–H and O–H groups in total. The lowest BCUT2D eigenvalue weighted by molar-refractivity contribution is -0.153. The molecule has 0 radical (unpaired) electrons. The lowest BCUT2D eigenvalue weighted by atomic mass is 9.90. The normalized spacial score (nSPS) is 19.7. The van der Waals surface area contributed by atoms with Crippen molar-refractivity contribution < 1.29 is 31.7 Å². The van der Waals surface area contributed by atoms with Gasteiger partial charge in [-0.3, -0.25) is 9.08 Å². The van der Waals surface area contributed by atoms with Gasteiger partial charge in [-0.05, 0) is 31.2 Å². The highest BCUT2D eigenvalue weighted by molar-refractivity contribution is 7.85. The van der Waals surface area contributed by atoms with E-state index in [-0.39, 0.29) is 26.1 Å². The molecular formula is C18H25NO7S. The summed E-state index contributed by atoms with van der Waals surface area (Å²) < 4.78 is 37.2. The molecule has 1 aromatic rings. The third-order valence-corrected chi connectivity index (χ3v) is 5.11. The number of carbonyl (C=O) groups excluding carboxylic acids is 2. The standard InChI is InChI=1S/C18H25NO7S/c1-24-16(20)18(11-7-13-26-27(2,22)23)10-6-12-19(18)17(21)25-14-15-8-4-3-5-9-15/h3-5,8-9H,6-7,10-14H2,1-2H3. The number of likely N-dealkylation sites (tertiary alicyclic amines) is 1. The Labute approximate surface area is 159 Å². The van der Waals surface area contributed by atoms with Crippen molar-refractivity contribution in [2.45, 2.75) is 37.8 Å². The zero-order chi connectivity index (χ0) is 19.9. The topological polar surface area (TPSA) is 99.2 Å². The fourth-order valence-corrected chi connectivity index (χ4v) is 3.70. The van der Waals surface area contributed by atoms with Crippen molar-refractivity contribution in [1.29, 1.82) is 0 Å². The Hall–Kier alpha value is -2.13. The summed E-state index contributed by atoms with van der Waals surface area (Å²) in [4.78, 5) is 26.5. The number of carbonyl (C=O) groups is 2. The first-order valence-corrected chi connectivity index (χ1v) is 10.5. The summed E-state index contributed by atoms with van der Waals surface area (Å²) in [5, 5.41) is 0. The van der Waals surface area contributed by atoms with Crippen molar-refractivity contribution in [2.24, 2.45) is 0 Å². The lowest BCUT2D eigenvalue weighted by Crippen LogP contribution is -2.53. The van der Waals surface area contributed by atoms with Crippen molar-refractivity contribution in [3.63, 3.8) is 0 Å². The molecule has 1 aliphatic heterocycles. The van der Waals surface area contributed by atoms with Gasteiger partial charge in [0, 0.05) is 6.54 Å². The number of methoxy groups -OCH3 is 1. The van der Waals surface area contributed by atoms with E-state index >= 15 is 0 Å². The summed E-state index contributed by atoms with van der Waals surface area (Å²) in [7, 11) is -2.29. The Morgan fingerprint density at radius 2 is 1.93 bits per heavy atom. The third-order valence-electron chi connectivity index (χ3n) is 4.51. The molecule has 1 aromatic carbocycles. The summed E-state index contributed by atoms with van der Waals surface area (Å²) in [6, 6.07) is 9.24. The van der Waals surface area contributed by atoms with Crippen LogP contribution in [-0.4, -0.2) is 57.4 Å². The highest BCUT2D eigenvalue weighted by atomic mass is 32.2. The summed E-state index contributed by atoms with van der Waals surface area (Å²) >= 11 is 0. The van der Waals surface area contributed by atoms with E-state index < -0.39 is 27.7 Å². The van der Waals surface area contributed by atoms with Crippen LogP contribution in [0.1, 0.15) is 31.2 Å². The van der Waals surface area contributed by atoms with Crippen LogP contribution in [0.15, 0.2) is 30.3 Å². The van der Waals surface area contributed by atoms with E-state index in [4.69, 9.17) is 13.7 Å². The fraction of sp³-hybridized carbons (Fsp3) is 0.556. The second-order valence-corrected chi connectivity index (χ2v) is 8.09. The van der Waals surface area contributed by atoms with Crippen LogP contribution >= 0.6 is 0 Å². The van der Waals surface area contributed by atoms with Gasteiger partial charge in [0.05, 0.1) is 20.0 Å². The highest BCUT2D eigenvalue weighted by Gasteiger charge is 2.51. The predicted octanol–water partition coefficient (Wildman–Crippen LogP) is 2.09. The third kappa shape index (κ3) is 5.67. The van der Waals surface area contributed by atoms with E-state index in [2.05, 4.69) is 0 Å². The monoisotopic (exact) mass is 399 g/mol. The van der Waals surface area contributed by atoms with Gasteiger partial charge in [-0.2, -0.15) is 8.42 Å². The second kappa shape index (κ2) is 9.18. The van der Waals surface area contributed by atoms with Crippen molar-refractivity contribution in [3.8, 4) is 0 Å². The van der Waals surface area contributed by atoms with Gasteiger partial charge < -0.3 is 9.47 Å². The maximum atomic E-state index is 12.6. The number of hydrogen-bond acceptors (Lipinski definition) is 7. The molecule has 1 unspecified atom stereocenters. The molecule has 1 heterocycles. The van der Waals surface area contributed by atoms with Gasteiger partial charge in [0.1, 0.15) is 12.1 Å². The quantitative estimate of drug-likeness (QED) is 0.375. The van der Waals surface area contributed by atoms with Gasteiger partial charge in [0.2, 0.25) is 0 Å². The summed E-state index contributed by atoms with van der Waals surface area (Å²) in [6.07, 6.45) is 1.94. The molecule has 27 heavy (non-hydrogen) atoms. The SMILES string of the molecule is COC(=O)C1(CCCOS(C)(=O)=O)CCCN1C(=O)OCc1ccccc1. The largest absolute Gasteiger partial charge is 0.467 e. The van der Waals surface area contributed by atoms with Gasteiger partial charge >= 0.3 is 12.1 Å². The fourth-order valence-electron chi connectivity index (χ4n) is 3.28. The molecule has 1 fully saturated rings. The van der Waals surface area contributed by atoms with Crippen molar-refractivity contribution in [3.05, 3.63) is 35.9 Å². The van der Waals surface area contributed by atoms with E-state index in [1.807, 2.05) is 30.3 Å². The smallest absolute Gasteiger partial charge is 0.411 e. The number of hydrogen-bond donors (Lipinski definition) is 0. The molecule has 0 saturated carbocycles. The second-order valence-electron chi connectivity index (χ2n) is 6.45. The van der Waals surface area contributed by atoms with E-state index in [1.165, 1.54) is 12.0 Å². The van der Waals surface area contributed by atoms with Crippen LogP contribution < -0.4 is 0 Å². The molecule has 1 amide bonds. The Morgan fingerprint density at radius 3 is 2.56 bits per heavy atom. The minimum atomic E-state index is -3.56. The lowest BCUT2D eigenvalue weighted by Gasteiger charge is -2.35. The molecule has 0 bridgehead atoms. The van der Waals surface area contributed by atoms with Crippen LogP contribution in [0.25, 0.3) is 0 Å². The molecule has 2 rings (SSSR count). The van der Waals surface area contributed by atoms with E-state index in [9.17, 15) is 18.0 Å². The molecule has 0 aromatic heterocycles. The number of rotatable bonds is 8. The summed E-state index contributed by atoms with van der Waals surface area (Å²) in [5.41, 5.74) is -0.320. The van der Waals surface area contributed by atoms with Crippen LogP contribution in [0.5, 0.6) is 0 Å². The van der Waals surface area contributed by atoms with Crippen LogP contribution in [0.4, 0.5) is 4.79 Å². The molecular weight excluding hydrogens is 374 g/mol. The van der Waals surface area contributed by atoms with Gasteiger partial charge in [0.15, 0.2) is 0 Å². The average molecular weight is 399 g/mol. The van der Waals surface area contributed by atoms with Crippen LogP contribution in [-0.2, 0) is 35.2 Å². The minimum absolute atomic E-state index is 0.0650. The Kier molecular flexibility index (Phi) is 7.20. The maximum absolute atomic E-state index is 12.6. The van der Waals surface area contributed by atoms with E-state index in [0.717, 1.165) is 11.8 Å². The molecule has 1 aliphatic rings. The zero-order valence-electron chi connectivity index (χ0n) is 15.5. The average Bonchev–Trinajstić information content (AvgIpc) is 3.08. The van der Waals surface area contributed by atoms with Crippen LogP contribution in [0.3, 0.4) is 0 Å². The highest BCUT2D eigenvalue weighted by Crippen LogP contribution is 2.35. The predicted molar refractivity (Wildman–Crippen MR) is 97.3 cm³/mol. The van der Waals surface area contributed by atoms with Crippen LogP contribution in [0, 0.1) is 0 Å². The van der Waals surface area contributed by atoms with Crippen molar-refractivity contribution in [1.82, 2.24) is 4.90 Å². The van der Waals surface area contributed by atoms with Gasteiger partial charge in [-0.25, -0.2) is 9.59 Å². The number of esters is 1. The Bertz CT molecular complexity index is 750. The number of ether oxygens (including phenoxy) is 2. The van der Waals surface area contributed by atoms with Gasteiger partial charge in [-0.15, -0.1) is 0 Å². The zero-order valence-corrected chi connectivity index (χ0v) is 16.4. The molecule has 1 atom stereocenters. The molecule has 0 aliphatic carbocycles. The molecule has 9 heteroatoms. The van der Waals surface area contributed by atoms with E-state index in [1.54, 1.807) is 0 Å². The minimum Gasteiger partial charge on any atom is -0.467 e. The summed E-state index contributed by atoms with van der Waals surface area (Å²) in [5.74, 6) is -0.531. The number of benzene rings is 1. The molecule has 8 nitrogen and oxygen atoms in total. The first-order valence-electron chi connectivity index (χ1n) is 8.70. The Morgan fingerprint density at radius 1 is 1.22 bits per heavy atom. The van der Waals surface area contributed by atoms with Gasteiger partial charge in [0.25, 0.3) is 10.1 Å².